The van der Waals surface area contributed by atoms with Gasteiger partial charge in [-0.05, 0) is 24.5 Å². The number of aryl methyl sites for hydroxylation is 1. The van der Waals surface area contributed by atoms with E-state index in [2.05, 4.69) is 10.3 Å². The number of benzene rings is 2. The third-order valence-electron chi connectivity index (χ3n) is 6.04. The maximum absolute atomic E-state index is 13.4. The predicted molar refractivity (Wildman–Crippen MR) is 123 cm³/mol. The molecule has 162 valence electrons. The van der Waals surface area contributed by atoms with Gasteiger partial charge >= 0.3 is 6.03 Å². The van der Waals surface area contributed by atoms with Crippen molar-refractivity contribution in [1.29, 1.82) is 0 Å². The molecule has 32 heavy (non-hydrogen) atoms. The van der Waals surface area contributed by atoms with Crippen molar-refractivity contribution in [2.75, 3.05) is 6.54 Å². The Kier molecular flexibility index (Phi) is 5.31. The highest BCUT2D eigenvalue weighted by molar-refractivity contribution is 5.76. The average Bonchev–Trinajstić information content (AvgIpc) is 3.28. The molecule has 2 aliphatic rings. The number of urea groups is 1. The minimum atomic E-state index is -0.299. The molecule has 1 aromatic heterocycles. The summed E-state index contributed by atoms with van der Waals surface area (Å²) in [6, 6.07) is 17.6. The van der Waals surface area contributed by atoms with Gasteiger partial charge in [0.05, 0.1) is 18.3 Å². The number of nitrogens with one attached hydrogen (secondary N) is 1. The molecule has 0 aliphatic carbocycles. The van der Waals surface area contributed by atoms with Gasteiger partial charge in [0.15, 0.2) is 0 Å². The van der Waals surface area contributed by atoms with E-state index < -0.39 is 0 Å². The van der Waals surface area contributed by atoms with E-state index in [0.29, 0.717) is 49.7 Å². The SMILES string of the molecule is Cc1ccc(CN2C(=O)NCCC2c2nc3c(c(=O)n2Cc2ccccc2)N=CC3)cc1. The smallest absolute Gasteiger partial charge is 0.318 e. The number of fused-ring (bicyclic) bond motifs is 1. The number of carbonyl (C=O) groups is 1. The van der Waals surface area contributed by atoms with Gasteiger partial charge in [0, 0.05) is 25.7 Å². The lowest BCUT2D eigenvalue weighted by molar-refractivity contribution is 0.143. The fraction of sp³-hybridized carbons (Fsp3) is 0.280. The molecule has 2 amide bonds. The van der Waals surface area contributed by atoms with Crippen LogP contribution in [0.5, 0.6) is 0 Å². The molecule has 0 spiro atoms. The first kappa shape index (κ1) is 20.2. The van der Waals surface area contributed by atoms with Crippen LogP contribution in [-0.2, 0) is 19.5 Å². The molecule has 1 saturated heterocycles. The van der Waals surface area contributed by atoms with Crippen molar-refractivity contribution >= 4 is 17.9 Å². The molecule has 1 fully saturated rings. The molecule has 7 heteroatoms. The summed E-state index contributed by atoms with van der Waals surface area (Å²) in [5, 5.41) is 2.95. The monoisotopic (exact) mass is 427 g/mol. The van der Waals surface area contributed by atoms with Crippen molar-refractivity contribution in [2.45, 2.75) is 38.9 Å². The second kappa shape index (κ2) is 8.42. The lowest BCUT2D eigenvalue weighted by atomic mass is 10.1. The highest BCUT2D eigenvalue weighted by atomic mass is 16.2. The number of nitrogens with zero attached hydrogens (tertiary/aromatic N) is 4. The molecule has 3 aromatic rings. The topological polar surface area (TPSA) is 79.6 Å². The maximum atomic E-state index is 13.4. The number of amides is 2. The highest BCUT2D eigenvalue weighted by Gasteiger charge is 2.34. The summed E-state index contributed by atoms with van der Waals surface area (Å²) in [6.07, 6.45) is 2.95. The lowest BCUT2D eigenvalue weighted by Gasteiger charge is -2.36. The van der Waals surface area contributed by atoms with Gasteiger partial charge in [-0.1, -0.05) is 60.2 Å². The van der Waals surface area contributed by atoms with Crippen LogP contribution in [0.4, 0.5) is 10.5 Å². The first-order valence-electron chi connectivity index (χ1n) is 10.9. The van der Waals surface area contributed by atoms with E-state index in [9.17, 15) is 9.59 Å². The van der Waals surface area contributed by atoms with Crippen LogP contribution in [0.15, 0.2) is 64.4 Å². The molecule has 1 unspecified atom stereocenters. The molecule has 2 aliphatic heterocycles. The molecule has 0 radical (unpaired) electrons. The Morgan fingerprint density at radius 3 is 2.53 bits per heavy atom. The van der Waals surface area contributed by atoms with Crippen LogP contribution in [0.3, 0.4) is 0 Å². The van der Waals surface area contributed by atoms with Gasteiger partial charge < -0.3 is 10.2 Å². The van der Waals surface area contributed by atoms with E-state index in [1.807, 2.05) is 61.5 Å². The fourth-order valence-electron chi connectivity index (χ4n) is 4.33. The van der Waals surface area contributed by atoms with Crippen LogP contribution in [0, 0.1) is 6.92 Å². The van der Waals surface area contributed by atoms with Crippen LogP contribution in [0.25, 0.3) is 0 Å². The van der Waals surface area contributed by atoms with Gasteiger partial charge in [-0.15, -0.1) is 0 Å². The Labute approximate surface area is 186 Å². The summed E-state index contributed by atoms with van der Waals surface area (Å²) in [7, 11) is 0. The highest BCUT2D eigenvalue weighted by Crippen LogP contribution is 2.30. The summed E-state index contributed by atoms with van der Waals surface area (Å²) < 4.78 is 1.70. The minimum absolute atomic E-state index is 0.140. The van der Waals surface area contributed by atoms with Crippen molar-refractivity contribution in [2.24, 2.45) is 4.99 Å². The van der Waals surface area contributed by atoms with Crippen molar-refractivity contribution in [1.82, 2.24) is 19.8 Å². The Morgan fingerprint density at radius 1 is 1.00 bits per heavy atom. The van der Waals surface area contributed by atoms with Gasteiger partial charge in [0.2, 0.25) is 0 Å². The molecule has 1 atom stereocenters. The summed E-state index contributed by atoms with van der Waals surface area (Å²) >= 11 is 0. The number of aliphatic imine (C=N–C) groups is 1. The van der Waals surface area contributed by atoms with Crippen LogP contribution < -0.4 is 10.9 Å². The molecule has 0 saturated carbocycles. The van der Waals surface area contributed by atoms with Crippen molar-refractivity contribution in [3.63, 3.8) is 0 Å². The van der Waals surface area contributed by atoms with Crippen LogP contribution in [0.2, 0.25) is 0 Å². The number of carbonyl (C=O) groups excluding carboxylic acids is 1. The van der Waals surface area contributed by atoms with Crippen LogP contribution >= 0.6 is 0 Å². The van der Waals surface area contributed by atoms with E-state index in [1.165, 1.54) is 5.56 Å². The largest absolute Gasteiger partial charge is 0.338 e. The number of aromatic nitrogens is 2. The van der Waals surface area contributed by atoms with Gasteiger partial charge in [0.25, 0.3) is 5.56 Å². The molecule has 7 nitrogen and oxygen atoms in total. The second-order valence-corrected chi connectivity index (χ2v) is 8.31. The van der Waals surface area contributed by atoms with Crippen molar-refractivity contribution in [3.05, 3.63) is 93.2 Å². The third-order valence-corrected chi connectivity index (χ3v) is 6.04. The quantitative estimate of drug-likeness (QED) is 0.677. The summed E-state index contributed by atoms with van der Waals surface area (Å²) in [4.78, 5) is 37.3. The van der Waals surface area contributed by atoms with Crippen molar-refractivity contribution < 1.29 is 4.79 Å². The first-order valence-corrected chi connectivity index (χ1v) is 10.9. The van der Waals surface area contributed by atoms with Gasteiger partial charge in [0.1, 0.15) is 11.5 Å². The maximum Gasteiger partial charge on any atom is 0.318 e. The number of hydrogen-bond acceptors (Lipinski definition) is 4. The zero-order valence-electron chi connectivity index (χ0n) is 18.0. The third kappa shape index (κ3) is 3.82. The minimum Gasteiger partial charge on any atom is -0.338 e. The Balaban J connectivity index is 1.58. The standard InChI is InChI=1S/C25H25N5O2/c1-17-7-9-19(10-8-17)15-29-21(12-14-27-25(29)32)23-28-20-11-13-26-22(20)24(31)30(23)16-18-5-3-2-4-6-18/h2-10,13,21H,11-12,14-16H2,1H3,(H,27,32). The molecule has 0 bridgehead atoms. The normalized spacial score (nSPS) is 17.3. The van der Waals surface area contributed by atoms with E-state index in [1.54, 1.807) is 15.7 Å². The van der Waals surface area contributed by atoms with Crippen LogP contribution in [0.1, 0.15) is 40.7 Å². The zero-order valence-corrected chi connectivity index (χ0v) is 18.0. The number of hydrogen-bond donors (Lipinski definition) is 1. The molecule has 2 aromatic carbocycles. The predicted octanol–water partition coefficient (Wildman–Crippen LogP) is 3.52. The van der Waals surface area contributed by atoms with Crippen molar-refractivity contribution in [3.8, 4) is 0 Å². The van der Waals surface area contributed by atoms with Gasteiger partial charge in [-0.25, -0.2) is 9.78 Å². The Bertz CT molecular complexity index is 1230. The van der Waals surface area contributed by atoms with E-state index in [-0.39, 0.29) is 17.6 Å². The average molecular weight is 428 g/mol. The summed E-state index contributed by atoms with van der Waals surface area (Å²) in [5.41, 5.74) is 4.17. The molecular weight excluding hydrogens is 402 g/mol. The summed E-state index contributed by atoms with van der Waals surface area (Å²) in [6.45, 7) is 3.43. The van der Waals surface area contributed by atoms with Gasteiger partial charge in [-0.3, -0.25) is 14.4 Å². The fourth-order valence-corrected chi connectivity index (χ4v) is 4.33. The first-order chi connectivity index (χ1) is 15.6. The van der Waals surface area contributed by atoms with E-state index in [4.69, 9.17) is 4.98 Å². The summed E-state index contributed by atoms with van der Waals surface area (Å²) in [5.74, 6) is 0.630. The molecule has 3 heterocycles. The van der Waals surface area contributed by atoms with Crippen LogP contribution in [-0.4, -0.2) is 33.2 Å². The van der Waals surface area contributed by atoms with E-state index in [0.717, 1.165) is 11.1 Å². The molecular formula is C25H25N5O2. The molecule has 1 N–H and O–H groups in total. The zero-order chi connectivity index (χ0) is 22.1. The second-order valence-electron chi connectivity index (χ2n) is 8.31. The van der Waals surface area contributed by atoms with Gasteiger partial charge in [-0.2, -0.15) is 0 Å². The molecule has 5 rings (SSSR count). The Hall–Kier alpha value is -3.74. The number of rotatable bonds is 5. The van der Waals surface area contributed by atoms with E-state index >= 15 is 0 Å². The Morgan fingerprint density at radius 2 is 1.75 bits per heavy atom. The lowest BCUT2D eigenvalue weighted by Crippen LogP contribution is -2.49.